The fourth-order valence-electron chi connectivity index (χ4n) is 2.77. The lowest BCUT2D eigenvalue weighted by atomic mass is 9.96. The molecule has 3 N–H and O–H groups in total. The van der Waals surface area contributed by atoms with Crippen molar-refractivity contribution in [2.24, 2.45) is 5.92 Å². The SMILES string of the molecule is CCc1cccc(C(NCC2CC2)c2cccc(N)c2)c1. The summed E-state index contributed by atoms with van der Waals surface area (Å²) < 4.78 is 0. The number of nitrogen functional groups attached to an aromatic ring is 1. The maximum Gasteiger partial charge on any atom is 0.0577 e. The Labute approximate surface area is 127 Å². The minimum atomic E-state index is 0.237. The van der Waals surface area contributed by atoms with Crippen molar-refractivity contribution in [2.75, 3.05) is 12.3 Å². The van der Waals surface area contributed by atoms with Gasteiger partial charge in [0.2, 0.25) is 0 Å². The second-order valence-corrected chi connectivity index (χ2v) is 6.05. The van der Waals surface area contributed by atoms with Gasteiger partial charge in [0.1, 0.15) is 0 Å². The zero-order valence-electron chi connectivity index (χ0n) is 12.7. The lowest BCUT2D eigenvalue weighted by molar-refractivity contribution is 0.573. The van der Waals surface area contributed by atoms with E-state index in [9.17, 15) is 0 Å². The molecule has 0 aliphatic heterocycles. The fourth-order valence-corrected chi connectivity index (χ4v) is 2.77. The first-order valence-corrected chi connectivity index (χ1v) is 7.94. The van der Waals surface area contributed by atoms with Crippen LogP contribution in [0.2, 0.25) is 0 Å². The van der Waals surface area contributed by atoms with Gasteiger partial charge >= 0.3 is 0 Å². The van der Waals surface area contributed by atoms with Crippen molar-refractivity contribution < 1.29 is 0 Å². The standard InChI is InChI=1S/C19H24N2/c1-2-14-5-3-6-16(11-14)19(21-13-15-9-10-15)17-7-4-8-18(20)12-17/h3-8,11-12,15,19,21H,2,9-10,13,20H2,1H3. The summed E-state index contributed by atoms with van der Waals surface area (Å²) in [6.07, 6.45) is 3.80. The van der Waals surface area contributed by atoms with Crippen LogP contribution < -0.4 is 11.1 Å². The summed E-state index contributed by atoms with van der Waals surface area (Å²) in [5.74, 6) is 0.864. The average molecular weight is 280 g/mol. The van der Waals surface area contributed by atoms with Crippen molar-refractivity contribution in [1.82, 2.24) is 5.32 Å². The third-order valence-corrected chi connectivity index (χ3v) is 4.24. The van der Waals surface area contributed by atoms with E-state index in [1.165, 1.54) is 29.5 Å². The normalized spacial score (nSPS) is 15.9. The minimum absolute atomic E-state index is 0.237. The first-order chi connectivity index (χ1) is 10.3. The predicted molar refractivity (Wildman–Crippen MR) is 89.2 cm³/mol. The van der Waals surface area contributed by atoms with Crippen LogP contribution in [0, 0.1) is 5.92 Å². The number of benzene rings is 2. The molecule has 21 heavy (non-hydrogen) atoms. The van der Waals surface area contributed by atoms with E-state index in [1.54, 1.807) is 0 Å². The highest BCUT2D eigenvalue weighted by atomic mass is 14.9. The Kier molecular flexibility index (Phi) is 4.26. The quantitative estimate of drug-likeness (QED) is 0.787. The highest BCUT2D eigenvalue weighted by Gasteiger charge is 2.23. The van der Waals surface area contributed by atoms with Crippen molar-refractivity contribution in [3.63, 3.8) is 0 Å². The summed E-state index contributed by atoms with van der Waals surface area (Å²) in [5.41, 5.74) is 10.8. The van der Waals surface area contributed by atoms with E-state index < -0.39 is 0 Å². The van der Waals surface area contributed by atoms with E-state index in [1.807, 2.05) is 12.1 Å². The third-order valence-electron chi connectivity index (χ3n) is 4.24. The number of hydrogen-bond acceptors (Lipinski definition) is 2. The Bertz CT molecular complexity index is 602. The molecule has 110 valence electrons. The smallest absolute Gasteiger partial charge is 0.0577 e. The minimum Gasteiger partial charge on any atom is -0.399 e. The first kappa shape index (κ1) is 14.2. The average Bonchev–Trinajstić information content (AvgIpc) is 3.32. The summed E-state index contributed by atoms with van der Waals surface area (Å²) in [6.45, 7) is 3.29. The lowest BCUT2D eigenvalue weighted by Crippen LogP contribution is -2.24. The van der Waals surface area contributed by atoms with Crippen LogP contribution in [0.15, 0.2) is 48.5 Å². The number of anilines is 1. The number of nitrogens with two attached hydrogens (primary N) is 1. The van der Waals surface area contributed by atoms with E-state index in [2.05, 4.69) is 48.6 Å². The topological polar surface area (TPSA) is 38.0 Å². The van der Waals surface area contributed by atoms with Gasteiger partial charge in [-0.25, -0.2) is 0 Å². The van der Waals surface area contributed by atoms with Crippen LogP contribution in [-0.2, 0) is 6.42 Å². The lowest BCUT2D eigenvalue weighted by Gasteiger charge is -2.21. The second kappa shape index (κ2) is 6.31. The molecule has 1 atom stereocenters. The molecule has 1 aliphatic carbocycles. The van der Waals surface area contributed by atoms with Crippen LogP contribution >= 0.6 is 0 Å². The van der Waals surface area contributed by atoms with Gasteiger partial charge < -0.3 is 11.1 Å². The molecule has 0 radical (unpaired) electrons. The van der Waals surface area contributed by atoms with E-state index in [0.717, 1.165) is 24.6 Å². The largest absolute Gasteiger partial charge is 0.399 e. The Balaban J connectivity index is 1.89. The molecule has 1 fully saturated rings. The first-order valence-electron chi connectivity index (χ1n) is 7.94. The molecule has 1 aliphatic rings. The maximum absolute atomic E-state index is 5.97. The van der Waals surface area contributed by atoms with Crippen molar-refractivity contribution in [1.29, 1.82) is 0 Å². The Hall–Kier alpha value is -1.80. The van der Waals surface area contributed by atoms with Crippen molar-refractivity contribution in [2.45, 2.75) is 32.2 Å². The van der Waals surface area contributed by atoms with Crippen LogP contribution in [0.5, 0.6) is 0 Å². The molecule has 0 spiro atoms. The van der Waals surface area contributed by atoms with Gasteiger partial charge in [0.25, 0.3) is 0 Å². The molecule has 2 heteroatoms. The Morgan fingerprint density at radius 1 is 1.10 bits per heavy atom. The zero-order valence-corrected chi connectivity index (χ0v) is 12.7. The number of rotatable bonds is 6. The van der Waals surface area contributed by atoms with Crippen LogP contribution in [0.3, 0.4) is 0 Å². The molecular weight excluding hydrogens is 256 g/mol. The maximum atomic E-state index is 5.97. The van der Waals surface area contributed by atoms with Gasteiger partial charge in [-0.3, -0.25) is 0 Å². The van der Waals surface area contributed by atoms with Gasteiger partial charge in [0.15, 0.2) is 0 Å². The van der Waals surface area contributed by atoms with Crippen LogP contribution in [0.4, 0.5) is 5.69 Å². The van der Waals surface area contributed by atoms with Crippen molar-refractivity contribution in [3.8, 4) is 0 Å². The highest BCUT2D eigenvalue weighted by Crippen LogP contribution is 2.30. The zero-order chi connectivity index (χ0) is 14.7. The van der Waals surface area contributed by atoms with E-state index >= 15 is 0 Å². The molecule has 2 nitrogen and oxygen atoms in total. The molecule has 3 rings (SSSR count). The molecule has 0 saturated heterocycles. The molecule has 1 saturated carbocycles. The molecular formula is C19H24N2. The summed E-state index contributed by atoms with van der Waals surface area (Å²) in [7, 11) is 0. The molecule has 2 aromatic rings. The van der Waals surface area contributed by atoms with Crippen LogP contribution in [-0.4, -0.2) is 6.54 Å². The summed E-state index contributed by atoms with van der Waals surface area (Å²) in [4.78, 5) is 0. The van der Waals surface area contributed by atoms with Gasteiger partial charge in [-0.15, -0.1) is 0 Å². The Morgan fingerprint density at radius 3 is 2.48 bits per heavy atom. The van der Waals surface area contributed by atoms with Crippen molar-refractivity contribution >= 4 is 5.69 Å². The van der Waals surface area contributed by atoms with Crippen LogP contribution in [0.25, 0.3) is 0 Å². The van der Waals surface area contributed by atoms with E-state index in [0.29, 0.717) is 0 Å². The van der Waals surface area contributed by atoms with Gasteiger partial charge in [-0.2, -0.15) is 0 Å². The van der Waals surface area contributed by atoms with Gasteiger partial charge in [-0.05, 0) is 60.5 Å². The van der Waals surface area contributed by atoms with Crippen molar-refractivity contribution in [3.05, 3.63) is 65.2 Å². The van der Waals surface area contributed by atoms with Crippen LogP contribution in [0.1, 0.15) is 42.5 Å². The molecule has 0 aromatic heterocycles. The molecule has 0 amide bonds. The number of hydrogen-bond donors (Lipinski definition) is 2. The van der Waals surface area contributed by atoms with E-state index in [4.69, 9.17) is 5.73 Å². The summed E-state index contributed by atoms with van der Waals surface area (Å²) >= 11 is 0. The molecule has 1 unspecified atom stereocenters. The number of nitrogens with one attached hydrogen (secondary N) is 1. The third kappa shape index (κ3) is 3.64. The molecule has 2 aromatic carbocycles. The monoisotopic (exact) mass is 280 g/mol. The number of aryl methyl sites for hydroxylation is 1. The highest BCUT2D eigenvalue weighted by molar-refractivity contribution is 5.44. The predicted octanol–water partition coefficient (Wildman–Crippen LogP) is 3.92. The van der Waals surface area contributed by atoms with E-state index in [-0.39, 0.29) is 6.04 Å². The molecule has 0 heterocycles. The summed E-state index contributed by atoms with van der Waals surface area (Å²) in [6, 6.07) is 17.4. The second-order valence-electron chi connectivity index (χ2n) is 6.05. The Morgan fingerprint density at radius 2 is 1.81 bits per heavy atom. The fraction of sp³-hybridized carbons (Fsp3) is 0.368. The summed E-state index contributed by atoms with van der Waals surface area (Å²) in [5, 5.41) is 3.74. The van der Waals surface area contributed by atoms with Gasteiger partial charge in [0.05, 0.1) is 6.04 Å². The van der Waals surface area contributed by atoms with Gasteiger partial charge in [0, 0.05) is 5.69 Å². The van der Waals surface area contributed by atoms with Gasteiger partial charge in [-0.1, -0.05) is 43.3 Å². The molecule has 0 bridgehead atoms.